The highest BCUT2D eigenvalue weighted by Gasteiger charge is 2.36. The van der Waals surface area contributed by atoms with Crippen molar-refractivity contribution in [1.82, 2.24) is 4.98 Å². The van der Waals surface area contributed by atoms with E-state index in [0.29, 0.717) is 16.5 Å². The van der Waals surface area contributed by atoms with Crippen molar-refractivity contribution in [1.29, 1.82) is 0 Å². The molecule has 0 unspecified atom stereocenters. The number of benzene rings is 3. The molecule has 1 aliphatic rings. The van der Waals surface area contributed by atoms with Gasteiger partial charge < -0.3 is 19.3 Å². The molecule has 1 aliphatic heterocycles. The van der Waals surface area contributed by atoms with Crippen LogP contribution in [0.4, 0.5) is 11.4 Å². The molecule has 4 aromatic rings. The van der Waals surface area contributed by atoms with Gasteiger partial charge in [-0.15, -0.1) is 0 Å². The quantitative estimate of drug-likeness (QED) is 0.218. The van der Waals surface area contributed by atoms with Crippen molar-refractivity contribution in [2.24, 2.45) is 0 Å². The molecule has 0 radical (unpaired) electrons. The minimum absolute atomic E-state index is 0.0167. The van der Waals surface area contributed by atoms with Gasteiger partial charge in [-0.05, 0) is 96.3 Å². The molecule has 2 heterocycles. The van der Waals surface area contributed by atoms with Gasteiger partial charge in [-0.1, -0.05) is 30.7 Å². The number of nitrogens with zero attached hydrogens (tertiary/aromatic N) is 3. The van der Waals surface area contributed by atoms with E-state index in [9.17, 15) is 4.79 Å². The molecule has 7 heteroatoms. The van der Waals surface area contributed by atoms with Gasteiger partial charge in [-0.2, -0.15) is 0 Å². The van der Waals surface area contributed by atoms with Crippen LogP contribution in [0, 0.1) is 0 Å². The Morgan fingerprint density at radius 1 is 1.02 bits per heavy atom. The molecule has 0 fully saturated rings. The number of anilines is 2. The third kappa shape index (κ3) is 5.77. The molecule has 6 nitrogen and oxygen atoms in total. The van der Waals surface area contributed by atoms with Gasteiger partial charge in [0.15, 0.2) is 11.5 Å². The molecule has 3 aromatic carbocycles. The second-order valence-electron chi connectivity index (χ2n) is 10.2. The van der Waals surface area contributed by atoms with E-state index in [1.807, 2.05) is 72.5 Å². The smallest absolute Gasteiger partial charge is 0.232 e. The highest BCUT2D eigenvalue weighted by Crippen LogP contribution is 2.44. The Morgan fingerprint density at radius 3 is 2.38 bits per heavy atom. The maximum absolute atomic E-state index is 13.8. The van der Waals surface area contributed by atoms with E-state index >= 15 is 0 Å². The number of fused-ring (bicyclic) bond motifs is 1. The monoisotopic (exact) mass is 555 g/mol. The van der Waals surface area contributed by atoms with E-state index in [1.54, 1.807) is 19.5 Å². The SMILES string of the molecule is CC[C@@H](C)Oc1cc2c(cc1OC)CC(=O)N(c1ccc(N(C)Cc3ccncc3)cc1)[C@@H]2c1ccc(Cl)cc1. The number of methoxy groups -OCH3 is 1. The Morgan fingerprint density at radius 2 is 1.73 bits per heavy atom. The molecule has 0 saturated heterocycles. The molecule has 0 N–H and O–H groups in total. The van der Waals surface area contributed by atoms with Crippen molar-refractivity contribution in [3.8, 4) is 11.5 Å². The number of aromatic nitrogens is 1. The first kappa shape index (κ1) is 27.5. The van der Waals surface area contributed by atoms with Gasteiger partial charge in [0.2, 0.25) is 5.91 Å². The van der Waals surface area contributed by atoms with Gasteiger partial charge in [-0.25, -0.2) is 0 Å². The van der Waals surface area contributed by atoms with Crippen LogP contribution in [0.2, 0.25) is 5.02 Å². The van der Waals surface area contributed by atoms with E-state index in [1.165, 1.54) is 5.56 Å². The molecule has 40 heavy (non-hydrogen) atoms. The normalized spacial score (nSPS) is 15.4. The summed E-state index contributed by atoms with van der Waals surface area (Å²) < 4.78 is 11.9. The zero-order valence-electron chi connectivity index (χ0n) is 23.3. The molecule has 0 saturated carbocycles. The second kappa shape index (κ2) is 12.0. The van der Waals surface area contributed by atoms with E-state index in [-0.39, 0.29) is 24.5 Å². The highest BCUT2D eigenvalue weighted by molar-refractivity contribution is 6.30. The Labute approximate surface area is 241 Å². The third-order valence-electron chi connectivity index (χ3n) is 7.42. The number of hydrogen-bond acceptors (Lipinski definition) is 5. The number of pyridine rings is 1. The van der Waals surface area contributed by atoms with Crippen LogP contribution in [0.1, 0.15) is 48.6 Å². The average molecular weight is 556 g/mol. The maximum atomic E-state index is 13.8. The van der Waals surface area contributed by atoms with Gasteiger partial charge in [0, 0.05) is 42.4 Å². The number of amides is 1. The number of carbonyl (C=O) groups is 1. The van der Waals surface area contributed by atoms with Gasteiger partial charge in [0.1, 0.15) is 0 Å². The summed E-state index contributed by atoms with van der Waals surface area (Å²) >= 11 is 6.25. The summed E-state index contributed by atoms with van der Waals surface area (Å²) in [6.45, 7) is 4.88. The van der Waals surface area contributed by atoms with E-state index in [0.717, 1.165) is 41.0 Å². The molecule has 0 aliphatic carbocycles. The third-order valence-corrected chi connectivity index (χ3v) is 7.67. The van der Waals surface area contributed by atoms with Gasteiger partial charge in [-0.3, -0.25) is 9.78 Å². The van der Waals surface area contributed by atoms with Gasteiger partial charge in [0.05, 0.1) is 25.7 Å². The first-order chi connectivity index (χ1) is 19.4. The number of rotatable bonds is 9. The van der Waals surface area contributed by atoms with Crippen LogP contribution in [0.15, 0.2) is 85.2 Å². The Hall–Kier alpha value is -4.03. The predicted octanol–water partition coefficient (Wildman–Crippen LogP) is 7.24. The van der Waals surface area contributed by atoms with Crippen molar-refractivity contribution in [3.05, 3.63) is 112 Å². The molecular formula is C33H34ClN3O3. The van der Waals surface area contributed by atoms with E-state index in [2.05, 4.69) is 36.0 Å². The zero-order chi connectivity index (χ0) is 28.2. The number of carbonyl (C=O) groups excluding carboxylic acids is 1. The molecular weight excluding hydrogens is 522 g/mol. The molecule has 0 spiro atoms. The fraction of sp³-hybridized carbons (Fsp3) is 0.273. The van der Waals surface area contributed by atoms with E-state index in [4.69, 9.17) is 21.1 Å². The zero-order valence-corrected chi connectivity index (χ0v) is 24.1. The van der Waals surface area contributed by atoms with Crippen molar-refractivity contribution < 1.29 is 14.3 Å². The lowest BCUT2D eigenvalue weighted by Gasteiger charge is -2.38. The largest absolute Gasteiger partial charge is 0.493 e. The number of ether oxygens (including phenoxy) is 2. The fourth-order valence-electron chi connectivity index (χ4n) is 5.10. The molecule has 5 rings (SSSR count). The topological polar surface area (TPSA) is 54.9 Å². The molecule has 1 aromatic heterocycles. The number of halogens is 1. The van der Waals surface area contributed by atoms with Gasteiger partial charge in [0.25, 0.3) is 0 Å². The van der Waals surface area contributed by atoms with Crippen molar-refractivity contribution >= 4 is 28.9 Å². The van der Waals surface area contributed by atoms with Crippen LogP contribution in [0.5, 0.6) is 11.5 Å². The maximum Gasteiger partial charge on any atom is 0.232 e. The van der Waals surface area contributed by atoms with Crippen LogP contribution < -0.4 is 19.3 Å². The van der Waals surface area contributed by atoms with Crippen molar-refractivity contribution in [2.45, 2.75) is 45.4 Å². The lowest BCUT2D eigenvalue weighted by atomic mass is 9.86. The van der Waals surface area contributed by atoms with Crippen LogP contribution in [0.25, 0.3) is 0 Å². The fourth-order valence-corrected chi connectivity index (χ4v) is 5.22. The Balaban J connectivity index is 1.54. The standard InChI is InChI=1S/C33H34ClN3O3/c1-5-22(2)40-31-20-29-25(18-30(31)39-4)19-32(38)37(33(29)24-6-8-26(34)9-7-24)28-12-10-27(11-13-28)36(3)21-23-14-16-35-17-15-23/h6-18,20,22,33H,5,19,21H2,1-4H3/t22-,33-/m1/s1. The summed E-state index contributed by atoms with van der Waals surface area (Å²) in [7, 11) is 3.69. The minimum atomic E-state index is -0.348. The summed E-state index contributed by atoms with van der Waals surface area (Å²) in [4.78, 5) is 22.0. The summed E-state index contributed by atoms with van der Waals surface area (Å²) in [5.41, 5.74) is 5.98. The predicted molar refractivity (Wildman–Crippen MR) is 161 cm³/mol. The van der Waals surface area contributed by atoms with Crippen molar-refractivity contribution in [2.75, 3.05) is 24.0 Å². The summed E-state index contributed by atoms with van der Waals surface area (Å²) in [5, 5.41) is 0.648. The van der Waals surface area contributed by atoms with Crippen LogP contribution in [0.3, 0.4) is 0 Å². The molecule has 1 amide bonds. The molecule has 2 atom stereocenters. The van der Waals surface area contributed by atoms with Crippen LogP contribution in [-0.2, 0) is 17.8 Å². The average Bonchev–Trinajstić information content (AvgIpc) is 2.97. The summed E-state index contributed by atoms with van der Waals surface area (Å²) in [5.74, 6) is 1.33. The van der Waals surface area contributed by atoms with Gasteiger partial charge >= 0.3 is 0 Å². The first-order valence-electron chi connectivity index (χ1n) is 13.5. The van der Waals surface area contributed by atoms with E-state index < -0.39 is 0 Å². The lowest BCUT2D eigenvalue weighted by molar-refractivity contribution is -0.118. The first-order valence-corrected chi connectivity index (χ1v) is 13.9. The number of hydrogen-bond donors (Lipinski definition) is 0. The van der Waals surface area contributed by atoms with Crippen LogP contribution >= 0.6 is 11.6 Å². The second-order valence-corrected chi connectivity index (χ2v) is 10.6. The minimum Gasteiger partial charge on any atom is -0.493 e. The molecule has 0 bridgehead atoms. The van der Waals surface area contributed by atoms with Crippen LogP contribution in [-0.4, -0.2) is 31.2 Å². The molecule has 206 valence electrons. The highest BCUT2D eigenvalue weighted by atomic mass is 35.5. The lowest BCUT2D eigenvalue weighted by Crippen LogP contribution is -2.41. The summed E-state index contributed by atoms with van der Waals surface area (Å²) in [6, 6.07) is 23.5. The summed E-state index contributed by atoms with van der Waals surface area (Å²) in [6.07, 6.45) is 4.77. The van der Waals surface area contributed by atoms with Crippen molar-refractivity contribution in [3.63, 3.8) is 0 Å². The Kier molecular flexibility index (Phi) is 8.27. The Bertz CT molecular complexity index is 1460.